The number of nitrogens with two attached hydrogens (primary N) is 1. The van der Waals surface area contributed by atoms with Crippen molar-refractivity contribution in [2.24, 2.45) is 5.73 Å². The average Bonchev–Trinajstić information content (AvgIpc) is 2.29. The van der Waals surface area contributed by atoms with Crippen LogP contribution in [0.4, 0.5) is 0 Å². The number of benzene rings is 1. The van der Waals surface area contributed by atoms with Gasteiger partial charge in [0.1, 0.15) is 5.75 Å². The number of rotatable bonds is 5. The zero-order valence-corrected chi connectivity index (χ0v) is 10.5. The van der Waals surface area contributed by atoms with Crippen LogP contribution in [0.15, 0.2) is 24.3 Å². The zero-order valence-electron chi connectivity index (χ0n) is 9.64. The first-order chi connectivity index (χ1) is 8.04. The number of hydrogen-bond acceptors (Lipinski definition) is 3. The lowest BCUT2D eigenvalue weighted by atomic mass is 10.1. The van der Waals surface area contributed by atoms with Gasteiger partial charge in [-0.25, -0.2) is 0 Å². The normalized spacial score (nSPS) is 11.8. The molecule has 17 heavy (non-hydrogen) atoms. The van der Waals surface area contributed by atoms with E-state index in [1.54, 1.807) is 12.1 Å². The van der Waals surface area contributed by atoms with Gasteiger partial charge in [0, 0.05) is 5.56 Å². The molecule has 0 aliphatic carbocycles. The minimum atomic E-state index is -0.281. The van der Waals surface area contributed by atoms with Crippen molar-refractivity contribution in [1.29, 1.82) is 0 Å². The third-order valence-electron chi connectivity index (χ3n) is 2.36. The molecule has 0 spiro atoms. The Morgan fingerprint density at radius 1 is 1.47 bits per heavy atom. The molecule has 1 aromatic carbocycles. The lowest BCUT2D eigenvalue weighted by molar-refractivity contribution is 0.0945. The quantitative estimate of drug-likeness (QED) is 0.695. The van der Waals surface area contributed by atoms with Crippen LogP contribution in [0.1, 0.15) is 30.1 Å². The van der Waals surface area contributed by atoms with E-state index in [4.69, 9.17) is 23.1 Å². The third kappa shape index (κ3) is 4.03. The summed E-state index contributed by atoms with van der Waals surface area (Å²) in [5.74, 6) is -0.114. The van der Waals surface area contributed by atoms with Gasteiger partial charge in [0.25, 0.3) is 5.91 Å². The van der Waals surface area contributed by atoms with E-state index in [0.717, 1.165) is 12.8 Å². The van der Waals surface area contributed by atoms with Crippen molar-refractivity contribution in [2.75, 3.05) is 0 Å². The Labute approximate surface area is 106 Å². The van der Waals surface area contributed by atoms with Crippen LogP contribution in [0.3, 0.4) is 0 Å². The molecule has 0 radical (unpaired) electrons. The molecule has 5 heteroatoms. The van der Waals surface area contributed by atoms with Crippen molar-refractivity contribution in [2.45, 2.75) is 25.8 Å². The van der Waals surface area contributed by atoms with Gasteiger partial charge in [0.15, 0.2) is 0 Å². The largest absolute Gasteiger partial charge is 0.508 e. The summed E-state index contributed by atoms with van der Waals surface area (Å²) < 4.78 is 0. The van der Waals surface area contributed by atoms with Gasteiger partial charge >= 0.3 is 0 Å². The maximum atomic E-state index is 11.8. The van der Waals surface area contributed by atoms with Gasteiger partial charge < -0.3 is 16.2 Å². The summed E-state index contributed by atoms with van der Waals surface area (Å²) in [6.45, 7) is 2.00. The topological polar surface area (TPSA) is 75.3 Å². The van der Waals surface area contributed by atoms with Gasteiger partial charge in [-0.05, 0) is 30.7 Å². The lowest BCUT2D eigenvalue weighted by Crippen LogP contribution is -2.43. The minimum Gasteiger partial charge on any atom is -0.508 e. The minimum absolute atomic E-state index is 0.126. The molecule has 0 saturated heterocycles. The van der Waals surface area contributed by atoms with E-state index in [0.29, 0.717) is 10.6 Å². The SMILES string of the molecule is CCCC(NC(=O)c1ccc(O)cc1)C(N)=S. The van der Waals surface area contributed by atoms with Gasteiger partial charge in [-0.2, -0.15) is 0 Å². The van der Waals surface area contributed by atoms with E-state index in [9.17, 15) is 4.79 Å². The Hall–Kier alpha value is -1.62. The van der Waals surface area contributed by atoms with Gasteiger partial charge in [0.05, 0.1) is 11.0 Å². The highest BCUT2D eigenvalue weighted by molar-refractivity contribution is 7.80. The number of amides is 1. The number of carbonyl (C=O) groups excluding carboxylic acids is 1. The molecular weight excluding hydrogens is 236 g/mol. The second kappa shape index (κ2) is 6.20. The first-order valence-electron chi connectivity index (χ1n) is 5.43. The molecule has 0 bridgehead atoms. The van der Waals surface area contributed by atoms with Gasteiger partial charge in [-0.15, -0.1) is 0 Å². The van der Waals surface area contributed by atoms with Crippen LogP contribution >= 0.6 is 12.2 Å². The molecule has 4 nitrogen and oxygen atoms in total. The van der Waals surface area contributed by atoms with Crippen LogP contribution < -0.4 is 11.1 Å². The van der Waals surface area contributed by atoms with Gasteiger partial charge in [-0.3, -0.25) is 4.79 Å². The molecule has 1 aromatic rings. The van der Waals surface area contributed by atoms with E-state index in [1.807, 2.05) is 6.92 Å². The number of phenols is 1. The smallest absolute Gasteiger partial charge is 0.251 e. The predicted molar refractivity (Wildman–Crippen MR) is 71.1 cm³/mol. The molecule has 1 unspecified atom stereocenters. The fraction of sp³-hybridized carbons (Fsp3) is 0.333. The highest BCUT2D eigenvalue weighted by Gasteiger charge is 2.15. The Kier molecular flexibility index (Phi) is 4.90. The molecule has 0 heterocycles. The van der Waals surface area contributed by atoms with Crippen molar-refractivity contribution in [3.05, 3.63) is 29.8 Å². The average molecular weight is 252 g/mol. The molecule has 0 aromatic heterocycles. The number of thiocarbonyl (C=S) groups is 1. The highest BCUT2D eigenvalue weighted by atomic mass is 32.1. The van der Waals surface area contributed by atoms with E-state index in [-0.39, 0.29) is 17.7 Å². The molecule has 0 aliphatic rings. The zero-order chi connectivity index (χ0) is 12.8. The number of hydrogen-bond donors (Lipinski definition) is 3. The predicted octanol–water partition coefficient (Wildman–Crippen LogP) is 1.58. The fourth-order valence-electron chi connectivity index (χ4n) is 1.43. The van der Waals surface area contributed by atoms with E-state index < -0.39 is 0 Å². The van der Waals surface area contributed by atoms with E-state index in [1.165, 1.54) is 12.1 Å². The Morgan fingerprint density at radius 2 is 2.06 bits per heavy atom. The van der Waals surface area contributed by atoms with Crippen LogP contribution in [-0.4, -0.2) is 22.0 Å². The van der Waals surface area contributed by atoms with Gasteiger partial charge in [0.2, 0.25) is 0 Å². The van der Waals surface area contributed by atoms with Crippen LogP contribution in [-0.2, 0) is 0 Å². The molecule has 0 fully saturated rings. The second-order valence-corrected chi connectivity index (χ2v) is 4.24. The highest BCUT2D eigenvalue weighted by Crippen LogP contribution is 2.10. The summed E-state index contributed by atoms with van der Waals surface area (Å²) in [6, 6.07) is 5.74. The number of nitrogens with one attached hydrogen (secondary N) is 1. The first kappa shape index (κ1) is 13.4. The lowest BCUT2D eigenvalue weighted by Gasteiger charge is -2.16. The van der Waals surface area contributed by atoms with Crippen LogP contribution in [0.25, 0.3) is 0 Å². The molecule has 1 atom stereocenters. The number of phenolic OH excluding ortho intramolecular Hbond substituents is 1. The maximum Gasteiger partial charge on any atom is 0.251 e. The molecule has 0 aliphatic heterocycles. The van der Waals surface area contributed by atoms with Crippen molar-refractivity contribution < 1.29 is 9.90 Å². The van der Waals surface area contributed by atoms with Crippen LogP contribution in [0, 0.1) is 0 Å². The van der Waals surface area contributed by atoms with E-state index >= 15 is 0 Å². The molecule has 1 amide bonds. The van der Waals surface area contributed by atoms with Crippen LogP contribution in [0.2, 0.25) is 0 Å². The van der Waals surface area contributed by atoms with Gasteiger partial charge in [-0.1, -0.05) is 25.6 Å². The van der Waals surface area contributed by atoms with E-state index in [2.05, 4.69) is 5.32 Å². The first-order valence-corrected chi connectivity index (χ1v) is 5.84. The second-order valence-electron chi connectivity index (χ2n) is 3.76. The maximum absolute atomic E-state index is 11.8. The monoisotopic (exact) mass is 252 g/mol. The van der Waals surface area contributed by atoms with Crippen molar-refractivity contribution in [3.8, 4) is 5.75 Å². The number of aromatic hydroxyl groups is 1. The standard InChI is InChI=1S/C12H16N2O2S/c1-2-3-10(11(13)17)14-12(16)8-4-6-9(15)7-5-8/h4-7,10,15H,2-3H2,1H3,(H2,13,17)(H,14,16). The van der Waals surface area contributed by atoms with Crippen molar-refractivity contribution >= 4 is 23.1 Å². The molecule has 4 N–H and O–H groups in total. The molecule has 0 saturated carbocycles. The Bertz CT molecular complexity index is 403. The summed E-state index contributed by atoms with van der Waals surface area (Å²) in [7, 11) is 0. The fourth-order valence-corrected chi connectivity index (χ4v) is 1.61. The molecule has 92 valence electrons. The molecular formula is C12H16N2O2S. The summed E-state index contributed by atoms with van der Waals surface area (Å²) in [6.07, 6.45) is 1.61. The Morgan fingerprint density at radius 3 is 2.53 bits per heavy atom. The molecule has 1 rings (SSSR count). The Balaban J connectivity index is 2.70. The summed E-state index contributed by atoms with van der Waals surface area (Å²) in [5.41, 5.74) is 6.02. The van der Waals surface area contributed by atoms with Crippen molar-refractivity contribution in [3.63, 3.8) is 0 Å². The summed E-state index contributed by atoms with van der Waals surface area (Å²) >= 11 is 4.89. The summed E-state index contributed by atoms with van der Waals surface area (Å²) in [4.78, 5) is 12.1. The van der Waals surface area contributed by atoms with Crippen LogP contribution in [0.5, 0.6) is 5.75 Å². The summed E-state index contributed by atoms with van der Waals surface area (Å²) in [5, 5.41) is 11.9. The number of carbonyl (C=O) groups is 1. The third-order valence-corrected chi connectivity index (χ3v) is 2.64. The van der Waals surface area contributed by atoms with Crippen molar-refractivity contribution in [1.82, 2.24) is 5.32 Å².